The van der Waals surface area contributed by atoms with E-state index >= 15 is 0 Å². The molecule has 0 saturated carbocycles. The van der Waals surface area contributed by atoms with E-state index in [0.717, 1.165) is 5.56 Å². The van der Waals surface area contributed by atoms with Crippen LogP contribution in [0.3, 0.4) is 0 Å². The van der Waals surface area contributed by atoms with Gasteiger partial charge in [-0.2, -0.15) is 0 Å². The maximum absolute atomic E-state index is 12.7. The molecule has 0 spiro atoms. The summed E-state index contributed by atoms with van der Waals surface area (Å²) in [4.78, 5) is 29.6. The van der Waals surface area contributed by atoms with Crippen LogP contribution in [-0.2, 0) is 11.3 Å². The van der Waals surface area contributed by atoms with Gasteiger partial charge in [0.1, 0.15) is 5.69 Å². The maximum Gasteiger partial charge on any atom is 0.340 e. The first-order chi connectivity index (χ1) is 11.3. The molecule has 128 valence electrons. The molecule has 0 aliphatic rings. The van der Waals surface area contributed by atoms with Gasteiger partial charge >= 0.3 is 5.97 Å². The molecule has 0 unspecified atom stereocenters. The second kappa shape index (κ2) is 7.34. The molecule has 0 fully saturated rings. The molecule has 2 rings (SSSR count). The maximum atomic E-state index is 12.7. The molecule has 2 aromatic rings. The van der Waals surface area contributed by atoms with Crippen LogP contribution in [0.4, 0.5) is 0 Å². The van der Waals surface area contributed by atoms with Crippen molar-refractivity contribution in [3.8, 4) is 0 Å². The Hall–Kier alpha value is -2.56. The van der Waals surface area contributed by atoms with Crippen LogP contribution in [0, 0.1) is 13.8 Å². The lowest BCUT2D eigenvalue weighted by molar-refractivity contribution is 0.0376. The minimum Gasteiger partial charge on any atom is -0.459 e. The summed E-state index contributed by atoms with van der Waals surface area (Å²) in [6, 6.07) is 9.77. The summed E-state index contributed by atoms with van der Waals surface area (Å²) in [5, 5.41) is 0. The van der Waals surface area contributed by atoms with Gasteiger partial charge in [0, 0.05) is 19.3 Å². The van der Waals surface area contributed by atoms with E-state index in [2.05, 4.69) is 4.98 Å². The highest BCUT2D eigenvalue weighted by atomic mass is 16.5. The molecule has 1 aromatic carbocycles. The Bertz CT molecular complexity index is 733. The molecule has 1 N–H and O–H groups in total. The Morgan fingerprint density at radius 2 is 1.79 bits per heavy atom. The lowest BCUT2D eigenvalue weighted by Crippen LogP contribution is -2.27. The normalized spacial score (nSPS) is 10.8. The van der Waals surface area contributed by atoms with Crippen LogP contribution in [0.5, 0.6) is 0 Å². The van der Waals surface area contributed by atoms with Crippen molar-refractivity contribution in [2.24, 2.45) is 0 Å². The molecule has 5 nitrogen and oxygen atoms in total. The van der Waals surface area contributed by atoms with E-state index in [0.29, 0.717) is 29.1 Å². The third kappa shape index (κ3) is 3.85. The zero-order valence-corrected chi connectivity index (χ0v) is 14.8. The fourth-order valence-corrected chi connectivity index (χ4v) is 2.66. The van der Waals surface area contributed by atoms with Crippen LogP contribution in [-0.4, -0.2) is 34.9 Å². The first kappa shape index (κ1) is 17.8. The van der Waals surface area contributed by atoms with Gasteiger partial charge in [-0.05, 0) is 38.8 Å². The number of aromatic nitrogens is 1. The Labute approximate surface area is 142 Å². The number of hydrogen-bond donors (Lipinski definition) is 1. The second-order valence-electron chi connectivity index (χ2n) is 6.23. The smallest absolute Gasteiger partial charge is 0.340 e. The summed E-state index contributed by atoms with van der Waals surface area (Å²) in [6.45, 7) is 7.65. The summed E-state index contributed by atoms with van der Waals surface area (Å²) >= 11 is 0. The monoisotopic (exact) mass is 328 g/mol. The van der Waals surface area contributed by atoms with Gasteiger partial charge in [-0.1, -0.05) is 30.3 Å². The number of aromatic amines is 1. The van der Waals surface area contributed by atoms with E-state index < -0.39 is 5.97 Å². The number of carbonyl (C=O) groups is 2. The highest BCUT2D eigenvalue weighted by Crippen LogP contribution is 2.21. The van der Waals surface area contributed by atoms with Crippen molar-refractivity contribution in [3.05, 3.63) is 58.4 Å². The Balaban J connectivity index is 2.22. The molecule has 0 aliphatic heterocycles. The van der Waals surface area contributed by atoms with Gasteiger partial charge in [0.15, 0.2) is 0 Å². The standard InChI is InChI=1S/C19H24N2O3/c1-12(2)24-19(23)16-13(3)17(20-14(16)4)18(22)21(5)11-15-9-7-6-8-10-15/h6-10,12,20H,11H2,1-5H3. The summed E-state index contributed by atoms with van der Waals surface area (Å²) in [5.41, 5.74) is 3.20. The predicted molar refractivity (Wildman–Crippen MR) is 93.1 cm³/mol. The van der Waals surface area contributed by atoms with E-state index in [4.69, 9.17) is 4.74 Å². The van der Waals surface area contributed by atoms with Gasteiger partial charge < -0.3 is 14.6 Å². The number of amides is 1. The lowest BCUT2D eigenvalue weighted by atomic mass is 10.1. The second-order valence-corrected chi connectivity index (χ2v) is 6.23. The number of nitrogens with zero attached hydrogens (tertiary/aromatic N) is 1. The van der Waals surface area contributed by atoms with Crippen molar-refractivity contribution in [1.82, 2.24) is 9.88 Å². The molecule has 0 atom stereocenters. The molecule has 1 amide bonds. The van der Waals surface area contributed by atoms with Gasteiger partial charge in [0.05, 0.1) is 11.7 Å². The number of esters is 1. The van der Waals surface area contributed by atoms with Crippen LogP contribution in [0.25, 0.3) is 0 Å². The summed E-state index contributed by atoms with van der Waals surface area (Å²) < 4.78 is 5.26. The zero-order valence-electron chi connectivity index (χ0n) is 14.8. The quantitative estimate of drug-likeness (QED) is 0.855. The fourth-order valence-electron chi connectivity index (χ4n) is 2.66. The summed E-state index contributed by atoms with van der Waals surface area (Å²) in [6.07, 6.45) is -0.203. The lowest BCUT2D eigenvalue weighted by Gasteiger charge is -2.17. The van der Waals surface area contributed by atoms with E-state index in [-0.39, 0.29) is 12.0 Å². The van der Waals surface area contributed by atoms with Gasteiger partial charge in [-0.25, -0.2) is 4.79 Å². The number of hydrogen-bond acceptors (Lipinski definition) is 3. The van der Waals surface area contributed by atoms with Gasteiger partial charge in [0.25, 0.3) is 5.91 Å². The van der Waals surface area contributed by atoms with Crippen LogP contribution in [0.1, 0.15) is 51.5 Å². The molecule has 1 aromatic heterocycles. The van der Waals surface area contributed by atoms with Gasteiger partial charge in [0.2, 0.25) is 0 Å². The average Bonchev–Trinajstić information content (AvgIpc) is 2.81. The van der Waals surface area contributed by atoms with Crippen molar-refractivity contribution >= 4 is 11.9 Å². The highest BCUT2D eigenvalue weighted by Gasteiger charge is 2.25. The third-order valence-electron chi connectivity index (χ3n) is 3.81. The van der Waals surface area contributed by atoms with Crippen LogP contribution in [0.15, 0.2) is 30.3 Å². The fraction of sp³-hybridized carbons (Fsp3) is 0.368. The zero-order chi connectivity index (χ0) is 17.9. The molecule has 0 saturated heterocycles. The van der Waals surface area contributed by atoms with E-state index in [9.17, 15) is 9.59 Å². The van der Waals surface area contributed by atoms with Crippen molar-refractivity contribution in [2.45, 2.75) is 40.3 Å². The van der Waals surface area contributed by atoms with Crippen molar-refractivity contribution < 1.29 is 14.3 Å². The summed E-state index contributed by atoms with van der Waals surface area (Å²) in [5.74, 6) is -0.552. The Morgan fingerprint density at radius 3 is 2.38 bits per heavy atom. The number of ether oxygens (including phenoxy) is 1. The first-order valence-corrected chi connectivity index (χ1v) is 8.00. The number of nitrogens with one attached hydrogen (secondary N) is 1. The van der Waals surface area contributed by atoms with Crippen molar-refractivity contribution in [3.63, 3.8) is 0 Å². The Kier molecular flexibility index (Phi) is 5.44. The molecule has 5 heteroatoms. The number of benzene rings is 1. The minimum atomic E-state index is -0.402. The van der Waals surface area contributed by atoms with Gasteiger partial charge in [-0.3, -0.25) is 4.79 Å². The van der Waals surface area contributed by atoms with Crippen molar-refractivity contribution in [2.75, 3.05) is 7.05 Å². The molecule has 0 radical (unpaired) electrons. The number of carbonyl (C=O) groups excluding carboxylic acids is 2. The highest BCUT2D eigenvalue weighted by molar-refractivity contribution is 6.00. The molecule has 0 aliphatic carbocycles. The molecular weight excluding hydrogens is 304 g/mol. The number of rotatable bonds is 5. The van der Waals surface area contributed by atoms with Crippen LogP contribution in [0.2, 0.25) is 0 Å². The van der Waals surface area contributed by atoms with Crippen LogP contribution >= 0.6 is 0 Å². The SMILES string of the molecule is Cc1[nH]c(C(=O)N(C)Cc2ccccc2)c(C)c1C(=O)OC(C)C. The summed E-state index contributed by atoms with van der Waals surface area (Å²) in [7, 11) is 1.75. The van der Waals surface area contributed by atoms with Crippen molar-refractivity contribution in [1.29, 1.82) is 0 Å². The minimum absolute atomic E-state index is 0.150. The first-order valence-electron chi connectivity index (χ1n) is 8.00. The average molecular weight is 328 g/mol. The van der Waals surface area contributed by atoms with E-state index in [1.165, 1.54) is 0 Å². The topological polar surface area (TPSA) is 62.4 Å². The molecule has 0 bridgehead atoms. The number of H-pyrrole nitrogens is 1. The molecule has 1 heterocycles. The largest absolute Gasteiger partial charge is 0.459 e. The number of aryl methyl sites for hydroxylation is 1. The predicted octanol–water partition coefficient (Wildman–Crippen LogP) is 3.47. The Morgan fingerprint density at radius 1 is 1.17 bits per heavy atom. The third-order valence-corrected chi connectivity index (χ3v) is 3.81. The van der Waals surface area contributed by atoms with Crippen LogP contribution < -0.4 is 0 Å². The van der Waals surface area contributed by atoms with Gasteiger partial charge in [-0.15, -0.1) is 0 Å². The van der Waals surface area contributed by atoms with E-state index in [1.54, 1.807) is 39.6 Å². The molecule has 24 heavy (non-hydrogen) atoms. The van der Waals surface area contributed by atoms with E-state index in [1.807, 2.05) is 30.3 Å². The molecular formula is C19H24N2O3.